The lowest BCUT2D eigenvalue weighted by Crippen LogP contribution is -2.28. The summed E-state index contributed by atoms with van der Waals surface area (Å²) in [6.07, 6.45) is -3.46. The van der Waals surface area contributed by atoms with E-state index in [1.54, 1.807) is 6.07 Å². The molecule has 0 saturated heterocycles. The van der Waals surface area contributed by atoms with Gasteiger partial charge in [0.1, 0.15) is 5.82 Å². The summed E-state index contributed by atoms with van der Waals surface area (Å²) in [7, 11) is 0. The van der Waals surface area contributed by atoms with Gasteiger partial charge in [0.2, 0.25) is 0 Å². The van der Waals surface area contributed by atoms with Gasteiger partial charge in [0, 0.05) is 16.1 Å². The largest absolute Gasteiger partial charge is 0.433 e. The van der Waals surface area contributed by atoms with E-state index in [1.807, 2.05) is 12.1 Å². The maximum absolute atomic E-state index is 13.5. The summed E-state index contributed by atoms with van der Waals surface area (Å²) in [5, 5.41) is 0. The highest BCUT2D eigenvalue weighted by Crippen LogP contribution is 2.54. The van der Waals surface area contributed by atoms with Gasteiger partial charge in [-0.15, -0.1) is 0 Å². The molecule has 1 aliphatic carbocycles. The Kier molecular flexibility index (Phi) is 2.94. The number of carbonyl (C=O) groups is 1. The molecule has 5 rings (SSSR count). The van der Waals surface area contributed by atoms with Gasteiger partial charge < -0.3 is 10.3 Å². The minimum Gasteiger partial charge on any atom is -0.364 e. The lowest BCUT2D eigenvalue weighted by Gasteiger charge is -2.35. The molecule has 120 valence electrons. The van der Waals surface area contributed by atoms with Gasteiger partial charge in [0.25, 0.3) is 5.91 Å². The van der Waals surface area contributed by atoms with Crippen LogP contribution in [0.3, 0.4) is 0 Å². The number of carbonyl (C=O) groups excluding carboxylic acids is 1. The van der Waals surface area contributed by atoms with Gasteiger partial charge in [0.15, 0.2) is 11.4 Å². The second-order valence-corrected chi connectivity index (χ2v) is 6.83. The molecule has 2 aliphatic heterocycles. The fraction of sp³-hybridized carbons (Fsp3) is 0.333. The molecule has 23 heavy (non-hydrogen) atoms. The van der Waals surface area contributed by atoms with Gasteiger partial charge in [-0.2, -0.15) is 13.2 Å². The highest BCUT2D eigenvalue weighted by atomic mass is 79.9. The van der Waals surface area contributed by atoms with E-state index in [9.17, 15) is 18.0 Å². The van der Waals surface area contributed by atoms with E-state index < -0.39 is 23.5 Å². The van der Waals surface area contributed by atoms with Crippen molar-refractivity contribution in [3.63, 3.8) is 0 Å². The number of rotatable bonds is 1. The molecule has 2 aromatic rings. The number of hydrogen-bond acceptors (Lipinski definition) is 2. The van der Waals surface area contributed by atoms with Crippen LogP contribution in [0.2, 0.25) is 0 Å². The first-order valence-corrected chi connectivity index (χ1v) is 7.85. The Morgan fingerprint density at radius 1 is 1.35 bits per heavy atom. The summed E-state index contributed by atoms with van der Waals surface area (Å²) in [5.41, 5.74) is 5.01. The number of halogens is 4. The van der Waals surface area contributed by atoms with Crippen LogP contribution >= 0.6 is 15.9 Å². The summed E-state index contributed by atoms with van der Waals surface area (Å²) in [4.78, 5) is 15.5. The Balaban J connectivity index is 2.08. The molecule has 1 aromatic carbocycles. The number of hydrogen-bond donors (Lipinski definition) is 1. The fourth-order valence-electron chi connectivity index (χ4n) is 3.55. The molecule has 3 aliphatic rings. The molecule has 1 amide bonds. The molecule has 0 unspecified atom stereocenters. The number of imidazole rings is 1. The first kappa shape index (κ1) is 14.7. The average Bonchev–Trinajstić information content (AvgIpc) is 2.69. The maximum atomic E-state index is 13.5. The van der Waals surface area contributed by atoms with E-state index in [2.05, 4.69) is 20.9 Å². The van der Waals surface area contributed by atoms with Gasteiger partial charge in [-0.1, -0.05) is 22.0 Å². The third kappa shape index (κ3) is 2.04. The number of alkyl halides is 3. The quantitative estimate of drug-likeness (QED) is 0.809. The molecule has 3 heterocycles. The van der Waals surface area contributed by atoms with E-state index >= 15 is 0 Å². The van der Waals surface area contributed by atoms with Crippen molar-refractivity contribution in [3.8, 4) is 11.4 Å². The maximum Gasteiger partial charge on any atom is 0.433 e. The van der Waals surface area contributed by atoms with Gasteiger partial charge in [-0.25, -0.2) is 4.98 Å². The summed E-state index contributed by atoms with van der Waals surface area (Å²) in [5.74, 6) is -0.763. The van der Waals surface area contributed by atoms with Crippen LogP contribution in [0.4, 0.5) is 13.2 Å². The summed E-state index contributed by atoms with van der Waals surface area (Å²) in [6, 6.07) is 5.21. The van der Waals surface area contributed by atoms with Crippen LogP contribution in [0.5, 0.6) is 0 Å². The fourth-order valence-corrected chi connectivity index (χ4v) is 3.91. The van der Waals surface area contributed by atoms with Crippen LogP contribution in [0, 0.1) is 0 Å². The smallest absolute Gasteiger partial charge is 0.364 e. The Morgan fingerprint density at radius 3 is 2.65 bits per heavy atom. The van der Waals surface area contributed by atoms with Crippen LogP contribution in [0.15, 0.2) is 22.7 Å². The lowest BCUT2D eigenvalue weighted by molar-refractivity contribution is -0.145. The zero-order chi connectivity index (χ0) is 16.5. The molecular formula is C15H11BrF3N3O. The van der Waals surface area contributed by atoms with Gasteiger partial charge >= 0.3 is 6.18 Å². The van der Waals surface area contributed by atoms with Gasteiger partial charge in [-0.3, -0.25) is 4.79 Å². The SMILES string of the molecule is NC(=O)c1nc2n(c1C(F)(F)F)C1CC(C1)c1ccc(Br)cc1-2. The minimum atomic E-state index is -4.68. The minimum absolute atomic E-state index is 0.174. The second kappa shape index (κ2) is 4.59. The molecule has 1 saturated carbocycles. The topological polar surface area (TPSA) is 60.9 Å². The number of benzene rings is 1. The van der Waals surface area contributed by atoms with Crippen LogP contribution in [-0.4, -0.2) is 15.5 Å². The Hall–Kier alpha value is -1.83. The summed E-state index contributed by atoms with van der Waals surface area (Å²) < 4.78 is 42.5. The Morgan fingerprint density at radius 2 is 2.04 bits per heavy atom. The third-order valence-electron chi connectivity index (χ3n) is 4.59. The third-order valence-corrected chi connectivity index (χ3v) is 5.08. The van der Waals surface area contributed by atoms with Crippen LogP contribution in [-0.2, 0) is 6.18 Å². The number of primary amides is 1. The number of nitrogens with zero attached hydrogens (tertiary/aromatic N) is 2. The van der Waals surface area contributed by atoms with Crippen molar-refractivity contribution in [3.05, 3.63) is 39.6 Å². The molecule has 1 aromatic heterocycles. The highest BCUT2D eigenvalue weighted by Gasteiger charge is 2.48. The van der Waals surface area contributed by atoms with E-state index in [-0.39, 0.29) is 17.8 Å². The Labute approximate surface area is 137 Å². The molecule has 2 N–H and O–H groups in total. The molecule has 8 heteroatoms. The predicted molar refractivity (Wildman–Crippen MR) is 79.9 cm³/mol. The number of aromatic nitrogens is 2. The average molecular weight is 386 g/mol. The van der Waals surface area contributed by atoms with E-state index in [0.717, 1.165) is 14.6 Å². The zero-order valence-corrected chi connectivity index (χ0v) is 13.3. The van der Waals surface area contributed by atoms with E-state index in [4.69, 9.17) is 5.73 Å². The molecule has 2 bridgehead atoms. The first-order valence-electron chi connectivity index (χ1n) is 7.06. The summed E-state index contributed by atoms with van der Waals surface area (Å²) >= 11 is 3.34. The standard InChI is InChI=1S/C15H11BrF3N3O/c16-7-1-2-9-6-3-8(4-6)22-12(15(17,18)19)11(13(20)23)21-14(22)10(9)5-7/h1-2,5-6,8H,3-4H2,(H2,20,23). The molecular weight excluding hydrogens is 375 g/mol. The molecule has 0 atom stereocenters. The predicted octanol–water partition coefficient (Wildman–Crippen LogP) is 3.86. The van der Waals surface area contributed by atoms with Crippen LogP contribution in [0.25, 0.3) is 11.4 Å². The molecule has 1 fully saturated rings. The number of amides is 1. The van der Waals surface area contributed by atoms with Crippen molar-refractivity contribution in [2.75, 3.05) is 0 Å². The van der Waals surface area contributed by atoms with Crippen molar-refractivity contribution < 1.29 is 18.0 Å². The van der Waals surface area contributed by atoms with E-state index in [1.165, 1.54) is 0 Å². The zero-order valence-electron chi connectivity index (χ0n) is 11.7. The van der Waals surface area contributed by atoms with Crippen molar-refractivity contribution >= 4 is 21.8 Å². The normalized spacial score (nSPS) is 21.9. The van der Waals surface area contributed by atoms with Crippen LogP contribution < -0.4 is 5.73 Å². The molecule has 0 radical (unpaired) electrons. The number of nitrogens with two attached hydrogens (primary N) is 1. The monoisotopic (exact) mass is 385 g/mol. The first-order chi connectivity index (χ1) is 10.8. The van der Waals surface area contributed by atoms with Crippen molar-refractivity contribution in [2.24, 2.45) is 5.73 Å². The van der Waals surface area contributed by atoms with Crippen molar-refractivity contribution in [1.82, 2.24) is 9.55 Å². The van der Waals surface area contributed by atoms with Gasteiger partial charge in [0.05, 0.1) is 0 Å². The van der Waals surface area contributed by atoms with Crippen LogP contribution in [0.1, 0.15) is 46.5 Å². The van der Waals surface area contributed by atoms with Crippen molar-refractivity contribution in [1.29, 1.82) is 0 Å². The van der Waals surface area contributed by atoms with E-state index in [0.29, 0.717) is 18.4 Å². The highest BCUT2D eigenvalue weighted by molar-refractivity contribution is 9.10. The van der Waals surface area contributed by atoms with Gasteiger partial charge in [-0.05, 0) is 36.5 Å². The second-order valence-electron chi connectivity index (χ2n) is 5.92. The molecule has 4 nitrogen and oxygen atoms in total. The summed E-state index contributed by atoms with van der Waals surface area (Å²) in [6.45, 7) is 0. The molecule has 0 spiro atoms. The van der Waals surface area contributed by atoms with Crippen molar-refractivity contribution in [2.45, 2.75) is 31.0 Å². The lowest BCUT2D eigenvalue weighted by atomic mass is 9.75. The Bertz CT molecular complexity index is 837.